The molecule has 0 aliphatic rings. The van der Waals surface area contributed by atoms with E-state index in [1.165, 1.54) is 21.0 Å². The van der Waals surface area contributed by atoms with Gasteiger partial charge in [-0.1, -0.05) is 79.0 Å². The lowest BCUT2D eigenvalue weighted by Crippen LogP contribution is -2.56. The third-order valence-electron chi connectivity index (χ3n) is 6.76. The smallest absolute Gasteiger partial charge is 0.452 e. The van der Waals surface area contributed by atoms with E-state index in [4.69, 9.17) is 39.5 Å². The summed E-state index contributed by atoms with van der Waals surface area (Å²) in [6.45, 7) is 2.77. The van der Waals surface area contributed by atoms with Gasteiger partial charge >= 0.3 is 6.18 Å². The van der Waals surface area contributed by atoms with Crippen LogP contribution in [0, 0.1) is 5.92 Å². The van der Waals surface area contributed by atoms with E-state index in [1.807, 2.05) is 0 Å². The number of ketones is 1. The maximum Gasteiger partial charge on any atom is 0.452 e. The molecule has 0 radical (unpaired) electrons. The lowest BCUT2D eigenvalue weighted by atomic mass is 9.88. The predicted molar refractivity (Wildman–Crippen MR) is 161 cm³/mol. The van der Waals surface area contributed by atoms with Gasteiger partial charge in [0, 0.05) is 23.8 Å². The van der Waals surface area contributed by atoms with Crippen LogP contribution in [-0.4, -0.2) is 43.0 Å². The summed E-state index contributed by atoms with van der Waals surface area (Å²) >= 11 is 18.5. The molecule has 3 aromatic rings. The highest BCUT2D eigenvalue weighted by molar-refractivity contribution is 6.42. The van der Waals surface area contributed by atoms with Gasteiger partial charge in [-0.05, 0) is 59.0 Å². The molecule has 1 unspecified atom stereocenters. The Balaban J connectivity index is 1.92. The van der Waals surface area contributed by atoms with Crippen LogP contribution in [0.3, 0.4) is 0 Å². The van der Waals surface area contributed by atoms with Gasteiger partial charge < -0.3 is 15.4 Å². The highest BCUT2D eigenvalue weighted by Gasteiger charge is 2.45. The van der Waals surface area contributed by atoms with Crippen molar-refractivity contribution in [2.75, 3.05) is 7.11 Å². The number of carbonyl (C=O) groups excluding carboxylic acids is 3. The third kappa shape index (κ3) is 9.61. The fourth-order valence-electron chi connectivity index (χ4n) is 4.51. The van der Waals surface area contributed by atoms with Crippen LogP contribution in [-0.2, 0) is 20.8 Å². The first-order valence-electron chi connectivity index (χ1n) is 13.2. The highest BCUT2D eigenvalue weighted by Crippen LogP contribution is 2.33. The molecule has 0 heterocycles. The topological polar surface area (TPSA) is 84.5 Å². The molecule has 0 saturated heterocycles. The molecule has 0 aliphatic heterocycles. The second kappa shape index (κ2) is 14.9. The van der Waals surface area contributed by atoms with Gasteiger partial charge in [-0.15, -0.1) is 0 Å². The highest BCUT2D eigenvalue weighted by atomic mass is 35.5. The van der Waals surface area contributed by atoms with Crippen molar-refractivity contribution in [2.24, 2.45) is 5.92 Å². The van der Waals surface area contributed by atoms with Gasteiger partial charge in [0.1, 0.15) is 11.8 Å². The summed E-state index contributed by atoms with van der Waals surface area (Å²) in [5.74, 6) is -4.40. The Bertz CT molecular complexity index is 1450. The van der Waals surface area contributed by atoms with Crippen molar-refractivity contribution in [1.29, 1.82) is 0 Å². The lowest BCUT2D eigenvalue weighted by Gasteiger charge is -2.26. The van der Waals surface area contributed by atoms with Gasteiger partial charge in [0.05, 0.1) is 23.2 Å². The van der Waals surface area contributed by atoms with Crippen LogP contribution in [0.15, 0.2) is 66.7 Å². The van der Waals surface area contributed by atoms with Gasteiger partial charge in [0.2, 0.25) is 11.8 Å². The maximum atomic E-state index is 13.5. The first kappa shape index (κ1) is 34.2. The number of halogens is 6. The minimum atomic E-state index is -5.15. The zero-order valence-corrected chi connectivity index (χ0v) is 25.7. The minimum absolute atomic E-state index is 0.0941. The average molecular weight is 658 g/mol. The van der Waals surface area contributed by atoms with Crippen LogP contribution in [0.4, 0.5) is 13.2 Å². The van der Waals surface area contributed by atoms with Crippen molar-refractivity contribution in [3.8, 4) is 5.75 Å². The lowest BCUT2D eigenvalue weighted by molar-refractivity contribution is -0.175. The number of alkyl halides is 3. The standard InChI is InChI=1S/C31H30Cl3F3N2O4/c1-17(2)28(29(41)31(35,36)37)39-30(42)26(14-18-5-4-6-21(32)13-18)38-27(40)16-23(19-7-10-22(43-3)11-8-19)20-9-12-24(33)25(34)15-20/h4-13,15,17,23,26,28H,14,16H2,1-3H3,(H,38,40)(H,39,42)/t23?,26-,28-/m0/s1. The summed E-state index contributed by atoms with van der Waals surface area (Å²) in [6, 6.07) is 15.3. The number of nitrogens with one attached hydrogen (secondary N) is 2. The van der Waals surface area contributed by atoms with Gasteiger partial charge in [0.25, 0.3) is 5.78 Å². The first-order valence-corrected chi connectivity index (χ1v) is 14.4. The number of methoxy groups -OCH3 is 1. The zero-order chi connectivity index (χ0) is 31.9. The van der Waals surface area contributed by atoms with E-state index in [1.54, 1.807) is 66.7 Å². The van der Waals surface area contributed by atoms with E-state index in [2.05, 4.69) is 10.6 Å². The molecule has 2 amide bonds. The van der Waals surface area contributed by atoms with Crippen molar-refractivity contribution in [3.05, 3.63) is 98.5 Å². The van der Waals surface area contributed by atoms with Crippen LogP contribution in [0.1, 0.15) is 42.9 Å². The molecule has 43 heavy (non-hydrogen) atoms. The number of hydrogen-bond donors (Lipinski definition) is 2. The Morgan fingerprint density at radius 1 is 0.860 bits per heavy atom. The Kier molecular flexibility index (Phi) is 11.9. The van der Waals surface area contributed by atoms with Gasteiger partial charge in [-0.2, -0.15) is 13.2 Å². The van der Waals surface area contributed by atoms with E-state index in [0.29, 0.717) is 26.9 Å². The maximum absolute atomic E-state index is 13.5. The van der Waals surface area contributed by atoms with E-state index in [-0.39, 0.29) is 17.9 Å². The molecule has 12 heteroatoms. The van der Waals surface area contributed by atoms with E-state index >= 15 is 0 Å². The molecule has 2 N–H and O–H groups in total. The van der Waals surface area contributed by atoms with Crippen molar-refractivity contribution in [2.45, 2.75) is 50.9 Å². The van der Waals surface area contributed by atoms with Crippen LogP contribution in [0.25, 0.3) is 0 Å². The summed E-state index contributed by atoms with van der Waals surface area (Å²) in [5, 5.41) is 5.84. The van der Waals surface area contributed by atoms with Gasteiger partial charge in [0.15, 0.2) is 0 Å². The molecule has 0 bridgehead atoms. The Morgan fingerprint density at radius 3 is 2.07 bits per heavy atom. The molecule has 6 nitrogen and oxygen atoms in total. The minimum Gasteiger partial charge on any atom is -0.497 e. The number of rotatable bonds is 12. The molecular weight excluding hydrogens is 628 g/mol. The van der Waals surface area contributed by atoms with Crippen LogP contribution >= 0.6 is 34.8 Å². The van der Waals surface area contributed by atoms with E-state index in [0.717, 1.165) is 5.56 Å². The van der Waals surface area contributed by atoms with Gasteiger partial charge in [-0.3, -0.25) is 14.4 Å². The number of benzene rings is 3. The molecule has 0 aromatic heterocycles. The number of ether oxygens (including phenoxy) is 1. The number of hydrogen-bond acceptors (Lipinski definition) is 4. The summed E-state index contributed by atoms with van der Waals surface area (Å²) in [6.07, 6.45) is -5.40. The molecule has 230 valence electrons. The molecule has 0 saturated carbocycles. The van der Waals surface area contributed by atoms with Crippen molar-refractivity contribution >= 4 is 52.4 Å². The fourth-order valence-corrected chi connectivity index (χ4v) is 5.03. The molecule has 0 fully saturated rings. The third-order valence-corrected chi connectivity index (χ3v) is 7.73. The van der Waals surface area contributed by atoms with Crippen molar-refractivity contribution < 1.29 is 32.3 Å². The largest absolute Gasteiger partial charge is 0.497 e. The molecule has 3 atom stereocenters. The van der Waals surface area contributed by atoms with Crippen molar-refractivity contribution in [3.63, 3.8) is 0 Å². The second-order valence-electron chi connectivity index (χ2n) is 10.2. The number of carbonyl (C=O) groups is 3. The number of Topliss-reactive ketones (excluding diaryl/α,β-unsaturated/α-hetero) is 1. The predicted octanol–water partition coefficient (Wildman–Crippen LogP) is 7.18. The average Bonchev–Trinajstić information content (AvgIpc) is 2.94. The molecule has 0 aliphatic carbocycles. The monoisotopic (exact) mass is 656 g/mol. The molecular formula is C31H30Cl3F3N2O4. The SMILES string of the molecule is COc1ccc(C(CC(=O)N[C@@H](Cc2cccc(Cl)c2)C(=O)N[C@H](C(=O)C(F)(F)F)C(C)C)c2ccc(Cl)c(Cl)c2)cc1. The summed E-state index contributed by atoms with van der Waals surface area (Å²) < 4.78 is 45.0. The summed E-state index contributed by atoms with van der Waals surface area (Å²) in [4.78, 5) is 39.0. The molecule has 3 rings (SSSR count). The Labute approximate surface area is 262 Å². The first-order chi connectivity index (χ1) is 20.2. The summed E-state index contributed by atoms with van der Waals surface area (Å²) in [5.41, 5.74) is 1.95. The Hall–Kier alpha value is -3.27. The quantitative estimate of drug-likeness (QED) is 0.216. The van der Waals surface area contributed by atoms with Crippen LogP contribution in [0.2, 0.25) is 15.1 Å². The summed E-state index contributed by atoms with van der Waals surface area (Å²) in [7, 11) is 1.52. The van der Waals surface area contributed by atoms with Crippen LogP contribution < -0.4 is 15.4 Å². The molecule has 3 aromatic carbocycles. The second-order valence-corrected chi connectivity index (χ2v) is 11.5. The van der Waals surface area contributed by atoms with Gasteiger partial charge in [-0.25, -0.2) is 0 Å². The Morgan fingerprint density at radius 2 is 1.51 bits per heavy atom. The zero-order valence-electron chi connectivity index (χ0n) is 23.5. The number of amides is 2. The van der Waals surface area contributed by atoms with Crippen molar-refractivity contribution in [1.82, 2.24) is 10.6 Å². The fraction of sp³-hybridized carbons (Fsp3) is 0.323. The van der Waals surface area contributed by atoms with Crippen LogP contribution in [0.5, 0.6) is 5.75 Å². The van der Waals surface area contributed by atoms with E-state index in [9.17, 15) is 27.6 Å². The normalized spacial score (nSPS) is 13.6. The van der Waals surface area contributed by atoms with E-state index < -0.39 is 47.7 Å². The molecule has 0 spiro atoms.